The molecule has 2 aliphatic rings. The Morgan fingerprint density at radius 2 is 1.62 bits per heavy atom. The fourth-order valence-corrected chi connectivity index (χ4v) is 6.69. The second-order valence-electron chi connectivity index (χ2n) is 11.9. The minimum absolute atomic E-state index is 0.183. The van der Waals surface area contributed by atoms with Crippen molar-refractivity contribution in [3.05, 3.63) is 107 Å². The number of hydrogen-bond acceptors (Lipinski definition) is 9. The monoisotopic (exact) mass is 647 g/mol. The number of aryl methyl sites for hydroxylation is 1. The van der Waals surface area contributed by atoms with Crippen molar-refractivity contribution in [2.45, 2.75) is 18.7 Å². The molecule has 0 spiro atoms. The molecule has 1 saturated heterocycles. The fourth-order valence-electron chi connectivity index (χ4n) is 6.35. The summed E-state index contributed by atoms with van der Waals surface area (Å²) < 4.78 is 7.43. The highest BCUT2D eigenvalue weighted by Crippen LogP contribution is 2.40. The van der Waals surface area contributed by atoms with E-state index in [0.29, 0.717) is 29.6 Å². The van der Waals surface area contributed by atoms with E-state index < -0.39 is 6.09 Å². The quantitative estimate of drug-likeness (QED) is 0.166. The number of piperazine rings is 1. The molecule has 4 heterocycles. The molecule has 0 saturated carbocycles. The molecule has 47 heavy (non-hydrogen) atoms. The van der Waals surface area contributed by atoms with E-state index in [1.807, 2.05) is 84.8 Å². The van der Waals surface area contributed by atoms with Gasteiger partial charge in [-0.05, 0) is 67.8 Å². The van der Waals surface area contributed by atoms with Crippen molar-refractivity contribution in [3.63, 3.8) is 0 Å². The lowest BCUT2D eigenvalue weighted by Gasteiger charge is -2.38. The zero-order valence-corrected chi connectivity index (χ0v) is 27.6. The highest BCUT2D eigenvalue weighted by molar-refractivity contribution is 7.98. The lowest BCUT2D eigenvalue weighted by Crippen LogP contribution is -2.44. The minimum Gasteiger partial charge on any atom is -0.444 e. The van der Waals surface area contributed by atoms with Gasteiger partial charge in [-0.25, -0.2) is 14.8 Å². The molecule has 0 unspecified atom stereocenters. The van der Waals surface area contributed by atoms with Crippen molar-refractivity contribution in [3.8, 4) is 5.69 Å². The van der Waals surface area contributed by atoms with Crippen LogP contribution in [0.5, 0.6) is 0 Å². The van der Waals surface area contributed by atoms with Gasteiger partial charge in [0, 0.05) is 56.5 Å². The number of amides is 1. The molecule has 0 N–H and O–H groups in total. The van der Waals surface area contributed by atoms with E-state index in [4.69, 9.17) is 9.72 Å². The number of carbonyl (C=O) groups is 1. The molecule has 0 aliphatic carbocycles. The largest absolute Gasteiger partial charge is 0.444 e. The molecular formula is C36H37N7O3S. The van der Waals surface area contributed by atoms with Crippen LogP contribution in [0.3, 0.4) is 0 Å². The van der Waals surface area contributed by atoms with Crippen LogP contribution < -0.4 is 20.3 Å². The number of rotatable bonds is 6. The Bertz CT molecular complexity index is 1980. The molecule has 1 fully saturated rings. The predicted molar refractivity (Wildman–Crippen MR) is 189 cm³/mol. The predicted octanol–water partition coefficient (Wildman–Crippen LogP) is 5.86. The SMILES string of the molecule is CSc1ncc2cc(N3CCN(C(=O)OCc4ccccc4)c4c(C)cccc43)c(=O)n(-c3ccc(N4CCN(C)CC4)cc3)c2n1. The van der Waals surface area contributed by atoms with E-state index >= 15 is 0 Å². The summed E-state index contributed by atoms with van der Waals surface area (Å²) in [5.41, 5.74) is 6.05. The van der Waals surface area contributed by atoms with E-state index in [9.17, 15) is 9.59 Å². The normalized spacial score (nSPS) is 15.2. The van der Waals surface area contributed by atoms with Crippen molar-refractivity contribution in [2.24, 2.45) is 0 Å². The first-order chi connectivity index (χ1) is 22.9. The summed E-state index contributed by atoms with van der Waals surface area (Å²) in [4.78, 5) is 45.7. The van der Waals surface area contributed by atoms with E-state index in [2.05, 4.69) is 34.0 Å². The number of ether oxygens (including phenoxy) is 1. The van der Waals surface area contributed by atoms with Crippen LogP contribution in [-0.2, 0) is 11.3 Å². The molecule has 240 valence electrons. The number of anilines is 4. The van der Waals surface area contributed by atoms with Crippen LogP contribution in [0.4, 0.5) is 27.5 Å². The maximum atomic E-state index is 14.6. The molecule has 5 aromatic rings. The summed E-state index contributed by atoms with van der Waals surface area (Å²) in [5.74, 6) is 0. The Labute approximate surface area is 278 Å². The van der Waals surface area contributed by atoms with Crippen molar-refractivity contribution in [1.29, 1.82) is 0 Å². The zero-order chi connectivity index (χ0) is 32.5. The van der Waals surface area contributed by atoms with Crippen LogP contribution in [0.15, 0.2) is 95.0 Å². The second kappa shape index (κ2) is 13.1. The maximum absolute atomic E-state index is 14.6. The third-order valence-corrected chi connectivity index (χ3v) is 9.46. The van der Waals surface area contributed by atoms with Gasteiger partial charge in [0.1, 0.15) is 12.3 Å². The van der Waals surface area contributed by atoms with Crippen LogP contribution in [0.2, 0.25) is 0 Å². The molecule has 0 bridgehead atoms. The Morgan fingerprint density at radius 3 is 2.36 bits per heavy atom. The molecule has 0 atom stereocenters. The number of aromatic nitrogens is 3. The van der Waals surface area contributed by atoms with Gasteiger partial charge in [-0.3, -0.25) is 14.3 Å². The first-order valence-corrected chi connectivity index (χ1v) is 17.0. The first-order valence-electron chi connectivity index (χ1n) is 15.8. The molecule has 0 radical (unpaired) electrons. The molecule has 7 rings (SSSR count). The Kier molecular flexibility index (Phi) is 8.57. The molecule has 2 aliphatic heterocycles. The number of carbonyl (C=O) groups excluding carboxylic acids is 1. The summed E-state index contributed by atoms with van der Waals surface area (Å²) in [7, 11) is 2.15. The van der Waals surface area contributed by atoms with Gasteiger partial charge in [-0.15, -0.1) is 0 Å². The molecule has 11 heteroatoms. The maximum Gasteiger partial charge on any atom is 0.414 e. The number of fused-ring (bicyclic) bond motifs is 2. The van der Waals surface area contributed by atoms with Crippen molar-refractivity contribution >= 4 is 51.6 Å². The number of likely N-dealkylation sites (N-methyl/N-ethyl adjacent to an activating group) is 1. The van der Waals surface area contributed by atoms with E-state index in [-0.39, 0.29) is 12.2 Å². The molecular weight excluding hydrogens is 611 g/mol. The fraction of sp³-hybridized carbons (Fsp3) is 0.278. The van der Waals surface area contributed by atoms with Gasteiger partial charge in [-0.2, -0.15) is 0 Å². The van der Waals surface area contributed by atoms with Gasteiger partial charge >= 0.3 is 6.09 Å². The molecule has 10 nitrogen and oxygen atoms in total. The van der Waals surface area contributed by atoms with E-state index in [0.717, 1.165) is 65.4 Å². The highest BCUT2D eigenvalue weighted by Gasteiger charge is 2.32. The lowest BCUT2D eigenvalue weighted by molar-refractivity contribution is 0.147. The summed E-state index contributed by atoms with van der Waals surface area (Å²) >= 11 is 1.44. The summed E-state index contributed by atoms with van der Waals surface area (Å²) in [6, 6.07) is 25.5. The van der Waals surface area contributed by atoms with Crippen molar-refractivity contribution in [2.75, 3.05) is 67.3 Å². The van der Waals surface area contributed by atoms with Crippen LogP contribution >= 0.6 is 11.8 Å². The number of para-hydroxylation sites is 1. The topological polar surface area (TPSA) is 87.0 Å². The zero-order valence-electron chi connectivity index (χ0n) is 26.8. The lowest BCUT2D eigenvalue weighted by atomic mass is 10.1. The first kappa shape index (κ1) is 30.8. The molecule has 1 amide bonds. The number of thioether (sulfide) groups is 1. The standard InChI is InChI=1S/C36H37N7O3S/c1-25-8-7-11-30-32(25)42(36(45)46-24-26-9-5-4-6-10-26)21-20-41(30)31-22-27-23-37-35(47-3)38-33(27)43(34(31)44)29-14-12-28(13-15-29)40-18-16-39(2)17-19-40/h4-15,22-23H,16-21,24H2,1-3H3. The smallest absolute Gasteiger partial charge is 0.414 e. The molecule has 3 aromatic carbocycles. The van der Waals surface area contributed by atoms with Gasteiger partial charge < -0.3 is 19.4 Å². The highest BCUT2D eigenvalue weighted by atomic mass is 32.2. The average Bonchev–Trinajstić information content (AvgIpc) is 3.11. The van der Waals surface area contributed by atoms with Crippen molar-refractivity contribution < 1.29 is 9.53 Å². The van der Waals surface area contributed by atoms with Gasteiger partial charge in [0.05, 0.1) is 17.1 Å². The Morgan fingerprint density at radius 1 is 0.872 bits per heavy atom. The van der Waals surface area contributed by atoms with Gasteiger partial charge in [0.25, 0.3) is 5.56 Å². The summed E-state index contributed by atoms with van der Waals surface area (Å²) in [6.07, 6.45) is 3.28. The number of nitrogens with zero attached hydrogens (tertiary/aromatic N) is 7. The Balaban J connectivity index is 1.28. The second-order valence-corrected chi connectivity index (χ2v) is 12.7. The third-order valence-electron chi connectivity index (χ3n) is 8.90. The van der Waals surface area contributed by atoms with Crippen LogP contribution in [0.25, 0.3) is 16.7 Å². The average molecular weight is 648 g/mol. The minimum atomic E-state index is -0.418. The summed E-state index contributed by atoms with van der Waals surface area (Å²) in [6.45, 7) is 6.86. The van der Waals surface area contributed by atoms with Gasteiger partial charge in [-0.1, -0.05) is 54.2 Å². The summed E-state index contributed by atoms with van der Waals surface area (Å²) in [5, 5.41) is 1.34. The number of benzene rings is 3. The van der Waals surface area contributed by atoms with E-state index in [1.54, 1.807) is 15.7 Å². The molecule has 2 aromatic heterocycles. The van der Waals surface area contributed by atoms with Gasteiger partial charge in [0.15, 0.2) is 10.8 Å². The van der Waals surface area contributed by atoms with Gasteiger partial charge in [0.2, 0.25) is 0 Å². The number of pyridine rings is 1. The van der Waals surface area contributed by atoms with Crippen molar-refractivity contribution in [1.82, 2.24) is 19.4 Å². The third kappa shape index (κ3) is 6.04. The number of hydrogen-bond donors (Lipinski definition) is 0. The van der Waals surface area contributed by atoms with E-state index in [1.165, 1.54) is 11.8 Å². The van der Waals surface area contributed by atoms with Crippen LogP contribution in [-0.4, -0.2) is 78.1 Å². The van der Waals surface area contributed by atoms with Crippen LogP contribution in [0.1, 0.15) is 11.1 Å². The van der Waals surface area contributed by atoms with Crippen LogP contribution in [0, 0.1) is 6.92 Å². The Hall–Kier alpha value is -4.87.